The van der Waals surface area contributed by atoms with Crippen LogP contribution in [-0.4, -0.2) is 56.0 Å². The fraction of sp³-hybridized carbons (Fsp3) is 0.333. The maximum absolute atomic E-state index is 12.8. The van der Waals surface area contributed by atoms with E-state index < -0.39 is 0 Å². The Morgan fingerprint density at radius 2 is 1.76 bits per heavy atom. The standard InChI is InChI=1S/C21H23N5O2S/c1-15(20(27)25-13-3-4-14-25)29-21-24-23-19(16-9-11-22-12-10-16)26(21)17-5-7-18(28-2)8-6-17/h5-12,15H,3-4,13-14H2,1-2H3. The number of benzene rings is 1. The molecule has 150 valence electrons. The maximum atomic E-state index is 12.8. The van der Waals surface area contributed by atoms with Crippen molar-refractivity contribution in [2.45, 2.75) is 30.2 Å². The number of pyridine rings is 1. The zero-order chi connectivity index (χ0) is 20.2. The van der Waals surface area contributed by atoms with E-state index in [0.29, 0.717) is 11.0 Å². The van der Waals surface area contributed by atoms with Crippen LogP contribution in [0.5, 0.6) is 5.75 Å². The van der Waals surface area contributed by atoms with E-state index in [0.717, 1.165) is 42.9 Å². The molecule has 1 aliphatic heterocycles. The highest BCUT2D eigenvalue weighted by atomic mass is 32.2. The Balaban J connectivity index is 1.69. The molecule has 1 fully saturated rings. The van der Waals surface area contributed by atoms with Crippen LogP contribution in [0.1, 0.15) is 19.8 Å². The number of thioether (sulfide) groups is 1. The van der Waals surface area contributed by atoms with Crippen molar-refractivity contribution < 1.29 is 9.53 Å². The van der Waals surface area contributed by atoms with Crippen molar-refractivity contribution in [3.63, 3.8) is 0 Å². The quantitative estimate of drug-likeness (QED) is 0.581. The van der Waals surface area contributed by atoms with E-state index in [2.05, 4.69) is 15.2 Å². The molecule has 1 saturated heterocycles. The Kier molecular flexibility index (Phi) is 5.80. The smallest absolute Gasteiger partial charge is 0.235 e. The molecule has 1 amide bonds. The molecule has 0 bridgehead atoms. The summed E-state index contributed by atoms with van der Waals surface area (Å²) in [5.74, 6) is 1.64. The monoisotopic (exact) mass is 409 g/mol. The molecule has 1 aliphatic rings. The molecular formula is C21H23N5O2S. The molecule has 0 aliphatic carbocycles. The lowest BCUT2D eigenvalue weighted by Gasteiger charge is -2.20. The van der Waals surface area contributed by atoms with Crippen LogP contribution >= 0.6 is 11.8 Å². The van der Waals surface area contributed by atoms with Crippen LogP contribution in [0, 0.1) is 0 Å². The van der Waals surface area contributed by atoms with Gasteiger partial charge in [0.1, 0.15) is 5.75 Å². The molecule has 8 heteroatoms. The van der Waals surface area contributed by atoms with Crippen molar-refractivity contribution in [3.05, 3.63) is 48.8 Å². The first-order chi connectivity index (χ1) is 14.2. The number of carbonyl (C=O) groups excluding carboxylic acids is 1. The van der Waals surface area contributed by atoms with Gasteiger partial charge >= 0.3 is 0 Å². The van der Waals surface area contributed by atoms with Gasteiger partial charge in [-0.3, -0.25) is 14.3 Å². The largest absolute Gasteiger partial charge is 0.497 e. The second-order valence-electron chi connectivity index (χ2n) is 6.87. The first-order valence-corrected chi connectivity index (χ1v) is 10.5. The molecule has 0 spiro atoms. The molecule has 1 aromatic carbocycles. The molecule has 0 saturated carbocycles. The highest BCUT2D eigenvalue weighted by Crippen LogP contribution is 2.31. The summed E-state index contributed by atoms with van der Waals surface area (Å²) >= 11 is 1.44. The molecule has 1 atom stereocenters. The van der Waals surface area contributed by atoms with Gasteiger partial charge < -0.3 is 9.64 Å². The number of aromatic nitrogens is 4. The first-order valence-electron chi connectivity index (χ1n) is 9.63. The van der Waals surface area contributed by atoms with E-state index >= 15 is 0 Å². The lowest BCUT2D eigenvalue weighted by molar-refractivity contribution is -0.129. The third-order valence-electron chi connectivity index (χ3n) is 4.95. The van der Waals surface area contributed by atoms with Crippen molar-refractivity contribution in [3.8, 4) is 22.8 Å². The Labute approximate surface area is 174 Å². The molecule has 7 nitrogen and oxygen atoms in total. The van der Waals surface area contributed by atoms with Gasteiger partial charge in [0.2, 0.25) is 5.91 Å². The number of carbonyl (C=O) groups is 1. The summed E-state index contributed by atoms with van der Waals surface area (Å²) in [6.07, 6.45) is 5.62. The van der Waals surface area contributed by atoms with Gasteiger partial charge in [-0.1, -0.05) is 11.8 Å². The van der Waals surface area contributed by atoms with Gasteiger partial charge in [-0.15, -0.1) is 10.2 Å². The van der Waals surface area contributed by atoms with E-state index in [1.807, 2.05) is 52.8 Å². The minimum absolute atomic E-state index is 0.155. The van der Waals surface area contributed by atoms with Crippen molar-refractivity contribution >= 4 is 17.7 Å². The fourth-order valence-corrected chi connectivity index (χ4v) is 4.35. The first kappa shape index (κ1) is 19.4. The lowest BCUT2D eigenvalue weighted by Crippen LogP contribution is -2.34. The Bertz CT molecular complexity index is 968. The van der Waals surface area contributed by atoms with Gasteiger partial charge in [0.05, 0.1) is 12.4 Å². The van der Waals surface area contributed by atoms with Crippen molar-refractivity contribution in [1.82, 2.24) is 24.6 Å². The molecule has 2 aromatic heterocycles. The van der Waals surface area contributed by atoms with Crippen LogP contribution in [0.25, 0.3) is 17.1 Å². The summed E-state index contributed by atoms with van der Waals surface area (Å²) in [4.78, 5) is 18.8. The second kappa shape index (κ2) is 8.65. The molecule has 3 aromatic rings. The van der Waals surface area contributed by atoms with E-state index in [1.165, 1.54) is 11.8 Å². The van der Waals surface area contributed by atoms with Gasteiger partial charge in [0.25, 0.3) is 0 Å². The molecule has 3 heterocycles. The number of ether oxygens (including phenoxy) is 1. The third-order valence-corrected chi connectivity index (χ3v) is 5.98. The molecule has 0 radical (unpaired) electrons. The summed E-state index contributed by atoms with van der Waals surface area (Å²) in [5.41, 5.74) is 1.82. The highest BCUT2D eigenvalue weighted by Gasteiger charge is 2.26. The van der Waals surface area contributed by atoms with Crippen molar-refractivity contribution in [1.29, 1.82) is 0 Å². The minimum atomic E-state index is -0.236. The van der Waals surface area contributed by atoms with Crippen LogP contribution in [0.4, 0.5) is 0 Å². The summed E-state index contributed by atoms with van der Waals surface area (Å²) in [5, 5.41) is 9.28. The normalized spacial score (nSPS) is 14.8. The Hall–Kier alpha value is -2.87. The predicted molar refractivity (Wildman–Crippen MR) is 112 cm³/mol. The van der Waals surface area contributed by atoms with Crippen LogP contribution in [0.2, 0.25) is 0 Å². The zero-order valence-corrected chi connectivity index (χ0v) is 17.3. The average Bonchev–Trinajstić information content (AvgIpc) is 3.44. The number of methoxy groups -OCH3 is 1. The average molecular weight is 410 g/mol. The van der Waals surface area contributed by atoms with Gasteiger partial charge in [-0.25, -0.2) is 0 Å². The number of likely N-dealkylation sites (tertiary alicyclic amines) is 1. The summed E-state index contributed by atoms with van der Waals surface area (Å²) < 4.78 is 7.26. The number of amides is 1. The summed E-state index contributed by atoms with van der Waals surface area (Å²) in [6.45, 7) is 3.62. The maximum Gasteiger partial charge on any atom is 0.235 e. The highest BCUT2D eigenvalue weighted by molar-refractivity contribution is 8.00. The number of hydrogen-bond donors (Lipinski definition) is 0. The van der Waals surface area contributed by atoms with Gasteiger partial charge in [0.15, 0.2) is 11.0 Å². The predicted octanol–water partition coefficient (Wildman–Crippen LogP) is 3.44. The van der Waals surface area contributed by atoms with Gasteiger partial charge in [0, 0.05) is 36.7 Å². The number of rotatable bonds is 6. The minimum Gasteiger partial charge on any atom is -0.497 e. The van der Waals surface area contributed by atoms with Crippen LogP contribution in [0.3, 0.4) is 0 Å². The van der Waals surface area contributed by atoms with E-state index in [1.54, 1.807) is 19.5 Å². The Morgan fingerprint density at radius 3 is 2.41 bits per heavy atom. The van der Waals surface area contributed by atoms with E-state index in [-0.39, 0.29) is 11.2 Å². The molecule has 0 N–H and O–H groups in total. The molecular weight excluding hydrogens is 386 g/mol. The van der Waals surface area contributed by atoms with Crippen LogP contribution in [0.15, 0.2) is 53.9 Å². The number of nitrogens with zero attached hydrogens (tertiary/aromatic N) is 5. The Morgan fingerprint density at radius 1 is 1.07 bits per heavy atom. The molecule has 29 heavy (non-hydrogen) atoms. The van der Waals surface area contributed by atoms with Gasteiger partial charge in [-0.05, 0) is 56.2 Å². The van der Waals surface area contributed by atoms with Crippen molar-refractivity contribution in [2.75, 3.05) is 20.2 Å². The number of hydrogen-bond acceptors (Lipinski definition) is 6. The summed E-state index contributed by atoms with van der Waals surface area (Å²) in [6, 6.07) is 11.5. The van der Waals surface area contributed by atoms with E-state index in [4.69, 9.17) is 4.74 Å². The lowest BCUT2D eigenvalue weighted by atomic mass is 10.2. The second-order valence-corrected chi connectivity index (χ2v) is 8.18. The molecule has 4 rings (SSSR count). The zero-order valence-electron chi connectivity index (χ0n) is 16.5. The van der Waals surface area contributed by atoms with Crippen LogP contribution in [-0.2, 0) is 4.79 Å². The fourth-order valence-electron chi connectivity index (χ4n) is 3.40. The SMILES string of the molecule is COc1ccc(-n2c(SC(C)C(=O)N3CCCC3)nnc2-c2ccncc2)cc1. The molecule has 1 unspecified atom stereocenters. The topological polar surface area (TPSA) is 73.1 Å². The van der Waals surface area contributed by atoms with Gasteiger partial charge in [-0.2, -0.15) is 0 Å². The third kappa shape index (κ3) is 4.12. The van der Waals surface area contributed by atoms with Crippen molar-refractivity contribution in [2.24, 2.45) is 0 Å². The van der Waals surface area contributed by atoms with E-state index in [9.17, 15) is 4.79 Å². The summed E-state index contributed by atoms with van der Waals surface area (Å²) in [7, 11) is 1.64. The van der Waals surface area contributed by atoms with Crippen LogP contribution < -0.4 is 4.74 Å².